The molecular formula is C20H18N2O3S2. The van der Waals surface area contributed by atoms with Crippen LogP contribution in [0.1, 0.15) is 33.5 Å². The molecule has 3 aromatic rings. The molecule has 0 aliphatic heterocycles. The molecule has 0 fully saturated rings. The molecule has 7 heteroatoms. The van der Waals surface area contributed by atoms with Gasteiger partial charge in [0.25, 0.3) is 5.91 Å². The number of esters is 1. The van der Waals surface area contributed by atoms with Gasteiger partial charge < -0.3 is 4.74 Å². The van der Waals surface area contributed by atoms with Crippen LogP contribution in [0, 0.1) is 0 Å². The molecule has 4 rings (SSSR count). The standard InChI is InChI=1S/C20H18N2O3S2/c1-12(25-19(24)17-10-14-8-5-9-16(14)27-17)18(23)22-20-21-15(11-26-20)13-6-3-2-4-7-13/h2-4,6-7,10-12H,5,8-9H2,1H3,(H,21,22,23). The lowest BCUT2D eigenvalue weighted by Crippen LogP contribution is -2.29. The van der Waals surface area contributed by atoms with Gasteiger partial charge in [0.15, 0.2) is 11.2 Å². The van der Waals surface area contributed by atoms with E-state index in [1.165, 1.54) is 33.1 Å². The molecule has 1 atom stereocenters. The summed E-state index contributed by atoms with van der Waals surface area (Å²) in [4.78, 5) is 30.9. The maximum atomic E-state index is 12.3. The summed E-state index contributed by atoms with van der Waals surface area (Å²) >= 11 is 2.81. The van der Waals surface area contributed by atoms with Crippen LogP contribution in [0.5, 0.6) is 0 Å². The van der Waals surface area contributed by atoms with E-state index in [1.807, 2.05) is 41.8 Å². The third-order valence-corrected chi connectivity index (χ3v) is 6.38. The van der Waals surface area contributed by atoms with Crippen LogP contribution in [-0.4, -0.2) is 23.0 Å². The van der Waals surface area contributed by atoms with E-state index in [4.69, 9.17) is 4.74 Å². The van der Waals surface area contributed by atoms with Crippen molar-refractivity contribution in [2.45, 2.75) is 32.3 Å². The summed E-state index contributed by atoms with van der Waals surface area (Å²) in [7, 11) is 0. The molecule has 2 heterocycles. The Kier molecular flexibility index (Phi) is 5.05. The van der Waals surface area contributed by atoms with Crippen molar-refractivity contribution in [3.05, 3.63) is 57.1 Å². The molecule has 0 radical (unpaired) electrons. The summed E-state index contributed by atoms with van der Waals surface area (Å²) in [5, 5.41) is 5.09. The van der Waals surface area contributed by atoms with Gasteiger partial charge in [0, 0.05) is 15.8 Å². The zero-order valence-corrected chi connectivity index (χ0v) is 16.4. The second kappa shape index (κ2) is 7.62. The van der Waals surface area contributed by atoms with Gasteiger partial charge in [-0.05, 0) is 37.8 Å². The van der Waals surface area contributed by atoms with Gasteiger partial charge in [0.1, 0.15) is 4.88 Å². The zero-order valence-electron chi connectivity index (χ0n) is 14.7. The van der Waals surface area contributed by atoms with Crippen LogP contribution in [0.2, 0.25) is 0 Å². The number of thiophene rings is 1. The molecule has 2 aromatic heterocycles. The van der Waals surface area contributed by atoms with Crippen LogP contribution in [0.3, 0.4) is 0 Å². The number of hydrogen-bond acceptors (Lipinski definition) is 6. The van der Waals surface area contributed by atoms with E-state index in [2.05, 4.69) is 10.3 Å². The lowest BCUT2D eigenvalue weighted by atomic mass is 10.2. The van der Waals surface area contributed by atoms with Gasteiger partial charge in [-0.25, -0.2) is 9.78 Å². The minimum absolute atomic E-state index is 0.388. The van der Waals surface area contributed by atoms with Gasteiger partial charge in [0.2, 0.25) is 0 Å². The fourth-order valence-corrected chi connectivity index (χ4v) is 4.84. The summed E-state index contributed by atoms with van der Waals surface area (Å²) < 4.78 is 5.34. The van der Waals surface area contributed by atoms with E-state index in [0.29, 0.717) is 10.0 Å². The largest absolute Gasteiger partial charge is 0.448 e. The molecule has 1 aliphatic rings. The average molecular weight is 399 g/mol. The summed E-state index contributed by atoms with van der Waals surface area (Å²) in [6, 6.07) is 11.6. The minimum atomic E-state index is -0.890. The number of carbonyl (C=O) groups is 2. The number of ether oxygens (including phenoxy) is 1. The van der Waals surface area contributed by atoms with Crippen LogP contribution in [-0.2, 0) is 22.4 Å². The number of rotatable bonds is 5. The van der Waals surface area contributed by atoms with Crippen molar-refractivity contribution in [3.8, 4) is 11.3 Å². The first kappa shape index (κ1) is 17.9. The highest BCUT2D eigenvalue weighted by Crippen LogP contribution is 2.31. The molecular weight excluding hydrogens is 380 g/mol. The normalized spacial score (nSPS) is 13.8. The third kappa shape index (κ3) is 3.94. The Balaban J connectivity index is 1.36. The summed E-state index contributed by atoms with van der Waals surface area (Å²) in [5.74, 6) is -0.831. The molecule has 1 aliphatic carbocycles. The van der Waals surface area contributed by atoms with Crippen molar-refractivity contribution in [2.24, 2.45) is 0 Å². The lowest BCUT2D eigenvalue weighted by molar-refractivity contribution is -0.123. The van der Waals surface area contributed by atoms with Crippen LogP contribution in [0.15, 0.2) is 41.8 Å². The van der Waals surface area contributed by atoms with E-state index in [0.717, 1.165) is 30.5 Å². The van der Waals surface area contributed by atoms with Gasteiger partial charge in [-0.2, -0.15) is 0 Å². The molecule has 0 bridgehead atoms. The highest BCUT2D eigenvalue weighted by molar-refractivity contribution is 7.14. The minimum Gasteiger partial charge on any atom is -0.448 e. The first-order valence-corrected chi connectivity index (χ1v) is 10.4. The Hall–Kier alpha value is -2.51. The Bertz CT molecular complexity index is 957. The number of nitrogens with one attached hydrogen (secondary N) is 1. The van der Waals surface area contributed by atoms with Crippen LogP contribution in [0.25, 0.3) is 11.3 Å². The molecule has 27 heavy (non-hydrogen) atoms. The number of carbonyl (C=O) groups excluding carboxylic acids is 2. The van der Waals surface area contributed by atoms with Gasteiger partial charge in [-0.1, -0.05) is 30.3 Å². The number of aryl methyl sites for hydroxylation is 2. The molecule has 138 valence electrons. The monoisotopic (exact) mass is 398 g/mol. The average Bonchev–Trinajstić information content (AvgIpc) is 3.38. The SMILES string of the molecule is CC(OC(=O)c1cc2c(s1)CCC2)C(=O)Nc1nc(-c2ccccc2)cs1. The number of anilines is 1. The van der Waals surface area contributed by atoms with Gasteiger partial charge >= 0.3 is 5.97 Å². The van der Waals surface area contributed by atoms with Crippen molar-refractivity contribution in [1.82, 2.24) is 4.98 Å². The smallest absolute Gasteiger partial charge is 0.349 e. The van der Waals surface area contributed by atoms with Crippen LogP contribution < -0.4 is 5.32 Å². The molecule has 1 aromatic carbocycles. The number of nitrogens with zero attached hydrogens (tertiary/aromatic N) is 1. The van der Waals surface area contributed by atoms with Crippen molar-refractivity contribution < 1.29 is 14.3 Å². The number of amides is 1. The van der Waals surface area contributed by atoms with Crippen molar-refractivity contribution in [1.29, 1.82) is 0 Å². The van der Waals surface area contributed by atoms with E-state index < -0.39 is 12.1 Å². The maximum Gasteiger partial charge on any atom is 0.349 e. The topological polar surface area (TPSA) is 68.3 Å². The lowest BCUT2D eigenvalue weighted by Gasteiger charge is -2.11. The predicted octanol–water partition coefficient (Wildman–Crippen LogP) is 4.54. The fraction of sp³-hybridized carbons (Fsp3) is 0.250. The first-order chi connectivity index (χ1) is 13.1. The molecule has 0 spiro atoms. The molecule has 0 saturated heterocycles. The Labute approximate surface area is 165 Å². The van der Waals surface area contributed by atoms with Crippen LogP contribution >= 0.6 is 22.7 Å². The van der Waals surface area contributed by atoms with Crippen LogP contribution in [0.4, 0.5) is 5.13 Å². The summed E-state index contributed by atoms with van der Waals surface area (Å²) in [5.41, 5.74) is 3.02. The van der Waals surface area contributed by atoms with Crippen molar-refractivity contribution >= 4 is 39.7 Å². The Morgan fingerprint density at radius 3 is 2.81 bits per heavy atom. The Morgan fingerprint density at radius 2 is 2.04 bits per heavy atom. The highest BCUT2D eigenvalue weighted by Gasteiger charge is 2.23. The number of hydrogen-bond donors (Lipinski definition) is 1. The second-order valence-electron chi connectivity index (χ2n) is 6.35. The van der Waals surface area contributed by atoms with E-state index in [9.17, 15) is 9.59 Å². The summed E-state index contributed by atoms with van der Waals surface area (Å²) in [6.45, 7) is 1.57. The third-order valence-electron chi connectivity index (χ3n) is 4.40. The molecule has 1 amide bonds. The molecule has 1 unspecified atom stereocenters. The number of aromatic nitrogens is 1. The maximum absolute atomic E-state index is 12.3. The predicted molar refractivity (Wildman–Crippen MR) is 107 cm³/mol. The van der Waals surface area contributed by atoms with E-state index in [-0.39, 0.29) is 5.91 Å². The number of thiazole rings is 1. The Morgan fingerprint density at radius 1 is 1.22 bits per heavy atom. The van der Waals surface area contributed by atoms with Gasteiger partial charge in [-0.3, -0.25) is 10.1 Å². The van der Waals surface area contributed by atoms with Gasteiger partial charge in [-0.15, -0.1) is 22.7 Å². The second-order valence-corrected chi connectivity index (χ2v) is 8.35. The molecule has 5 nitrogen and oxygen atoms in total. The number of fused-ring (bicyclic) bond motifs is 1. The van der Waals surface area contributed by atoms with Crippen molar-refractivity contribution in [3.63, 3.8) is 0 Å². The highest BCUT2D eigenvalue weighted by atomic mass is 32.1. The molecule has 1 N–H and O–H groups in total. The fourth-order valence-electron chi connectivity index (χ4n) is 2.98. The zero-order chi connectivity index (χ0) is 18.8. The number of benzene rings is 1. The summed E-state index contributed by atoms with van der Waals surface area (Å²) in [6.07, 6.45) is 2.30. The quantitative estimate of drug-likeness (QED) is 0.641. The van der Waals surface area contributed by atoms with Crippen molar-refractivity contribution in [2.75, 3.05) is 5.32 Å². The molecule has 0 saturated carbocycles. The van der Waals surface area contributed by atoms with E-state index in [1.54, 1.807) is 6.92 Å². The van der Waals surface area contributed by atoms with E-state index >= 15 is 0 Å². The first-order valence-electron chi connectivity index (χ1n) is 8.74. The van der Waals surface area contributed by atoms with Gasteiger partial charge in [0.05, 0.1) is 5.69 Å².